The molecule has 0 heterocycles. The molecule has 0 aliphatic heterocycles. The van der Waals surface area contributed by atoms with Gasteiger partial charge in [0.1, 0.15) is 5.71 Å². The van der Waals surface area contributed by atoms with Crippen LogP contribution in [0, 0.1) is 0 Å². The summed E-state index contributed by atoms with van der Waals surface area (Å²) in [5.41, 5.74) is 0.751. The maximum absolute atomic E-state index is 11.2. The fraction of sp³-hybridized carbons (Fsp3) is 0.750. The van der Waals surface area contributed by atoms with Crippen molar-refractivity contribution in [2.45, 2.75) is 25.7 Å². The normalized spacial score (nSPS) is 22.4. The highest BCUT2D eigenvalue weighted by Crippen LogP contribution is 2.11. The minimum atomic E-state index is 0.227. The number of carbonyl (C=O) groups is 1. The molecule has 1 aliphatic carbocycles. The molecule has 0 N–H and O–H groups in total. The molecule has 0 aromatic heterocycles. The first-order chi connectivity index (χ1) is 5.20. The maximum atomic E-state index is 11.2. The van der Waals surface area contributed by atoms with Crippen LogP contribution in [-0.4, -0.2) is 30.6 Å². The quantitative estimate of drug-likeness (QED) is 0.529. The Hall–Kier alpha value is -0.860. The molecule has 0 amide bonds. The van der Waals surface area contributed by atoms with E-state index in [9.17, 15) is 4.79 Å². The van der Waals surface area contributed by atoms with Gasteiger partial charge in [-0.2, -0.15) is 5.10 Å². The topological polar surface area (TPSA) is 32.7 Å². The van der Waals surface area contributed by atoms with Crippen LogP contribution in [0.15, 0.2) is 5.10 Å². The number of ketones is 1. The van der Waals surface area contributed by atoms with E-state index < -0.39 is 0 Å². The Morgan fingerprint density at radius 1 is 1.27 bits per heavy atom. The zero-order valence-electron chi connectivity index (χ0n) is 7.13. The van der Waals surface area contributed by atoms with Crippen molar-refractivity contribution in [1.82, 2.24) is 5.01 Å². The summed E-state index contributed by atoms with van der Waals surface area (Å²) < 4.78 is 0. The van der Waals surface area contributed by atoms with Gasteiger partial charge in [0.25, 0.3) is 0 Å². The van der Waals surface area contributed by atoms with Gasteiger partial charge >= 0.3 is 0 Å². The molecular formula is C8H14N2O. The van der Waals surface area contributed by atoms with E-state index in [1.165, 1.54) is 0 Å². The smallest absolute Gasteiger partial charge is 0.178 e. The van der Waals surface area contributed by atoms with Crippen molar-refractivity contribution in [1.29, 1.82) is 0 Å². The van der Waals surface area contributed by atoms with E-state index in [2.05, 4.69) is 5.10 Å². The molecule has 0 atom stereocenters. The van der Waals surface area contributed by atoms with Gasteiger partial charge in [-0.3, -0.25) is 4.79 Å². The second kappa shape index (κ2) is 3.51. The van der Waals surface area contributed by atoms with Crippen LogP contribution in [0.5, 0.6) is 0 Å². The Morgan fingerprint density at radius 2 is 1.91 bits per heavy atom. The molecule has 0 aromatic carbocycles. The SMILES string of the molecule is CN(C)N=C1CCCCC1=O. The van der Waals surface area contributed by atoms with Gasteiger partial charge in [0, 0.05) is 20.5 Å². The van der Waals surface area contributed by atoms with Gasteiger partial charge in [-0.1, -0.05) is 0 Å². The van der Waals surface area contributed by atoms with E-state index >= 15 is 0 Å². The lowest BCUT2D eigenvalue weighted by molar-refractivity contribution is -0.113. The molecular weight excluding hydrogens is 140 g/mol. The average molecular weight is 154 g/mol. The standard InChI is InChI=1S/C8H14N2O/c1-10(2)9-7-5-3-4-6-8(7)11/h3-6H2,1-2H3. The summed E-state index contributed by atoms with van der Waals surface area (Å²) in [5, 5.41) is 5.81. The molecule has 0 spiro atoms. The molecule has 11 heavy (non-hydrogen) atoms. The third-order valence-corrected chi connectivity index (χ3v) is 1.71. The maximum Gasteiger partial charge on any atom is 0.178 e. The van der Waals surface area contributed by atoms with Crippen molar-refractivity contribution in [3.05, 3.63) is 0 Å². The Balaban J connectivity index is 2.61. The predicted molar refractivity (Wildman–Crippen MR) is 44.6 cm³/mol. The van der Waals surface area contributed by atoms with Crippen LogP contribution in [0.1, 0.15) is 25.7 Å². The summed E-state index contributed by atoms with van der Waals surface area (Å²) in [7, 11) is 3.68. The van der Waals surface area contributed by atoms with Crippen molar-refractivity contribution in [3.63, 3.8) is 0 Å². The molecule has 0 unspecified atom stereocenters. The van der Waals surface area contributed by atoms with E-state index in [-0.39, 0.29) is 5.78 Å². The van der Waals surface area contributed by atoms with E-state index in [1.54, 1.807) is 5.01 Å². The highest BCUT2D eigenvalue weighted by Gasteiger charge is 2.16. The molecule has 1 fully saturated rings. The first-order valence-electron chi connectivity index (χ1n) is 3.98. The number of nitrogens with zero attached hydrogens (tertiary/aromatic N) is 2. The second-order valence-electron chi connectivity index (χ2n) is 3.02. The van der Waals surface area contributed by atoms with Gasteiger partial charge in [0.2, 0.25) is 0 Å². The largest absolute Gasteiger partial charge is 0.303 e. The first-order valence-corrected chi connectivity index (χ1v) is 3.98. The molecule has 62 valence electrons. The van der Waals surface area contributed by atoms with Gasteiger partial charge < -0.3 is 5.01 Å². The van der Waals surface area contributed by atoms with Crippen LogP contribution in [0.4, 0.5) is 0 Å². The van der Waals surface area contributed by atoms with Crippen molar-refractivity contribution >= 4 is 11.5 Å². The molecule has 0 radical (unpaired) electrons. The highest BCUT2D eigenvalue weighted by molar-refractivity contribution is 6.40. The molecule has 0 saturated heterocycles. The zero-order chi connectivity index (χ0) is 8.27. The third kappa shape index (κ3) is 2.33. The van der Waals surface area contributed by atoms with Gasteiger partial charge in [-0.25, -0.2) is 0 Å². The Morgan fingerprint density at radius 3 is 2.45 bits per heavy atom. The lowest BCUT2D eigenvalue weighted by atomic mass is 9.97. The summed E-state index contributed by atoms with van der Waals surface area (Å²) in [6.07, 6.45) is 3.69. The lowest BCUT2D eigenvalue weighted by Crippen LogP contribution is -2.21. The molecule has 1 rings (SSSR count). The predicted octanol–water partition coefficient (Wildman–Crippen LogP) is 1.05. The molecule has 1 aliphatic rings. The molecule has 3 nitrogen and oxygen atoms in total. The summed E-state index contributed by atoms with van der Waals surface area (Å²) in [6.45, 7) is 0. The zero-order valence-corrected chi connectivity index (χ0v) is 7.13. The van der Waals surface area contributed by atoms with E-state index in [1.807, 2.05) is 14.1 Å². The monoisotopic (exact) mass is 154 g/mol. The van der Waals surface area contributed by atoms with Crippen molar-refractivity contribution < 1.29 is 4.79 Å². The van der Waals surface area contributed by atoms with Crippen LogP contribution >= 0.6 is 0 Å². The molecule has 0 bridgehead atoms. The van der Waals surface area contributed by atoms with Crippen molar-refractivity contribution in [2.24, 2.45) is 5.10 Å². The minimum Gasteiger partial charge on any atom is -0.303 e. The van der Waals surface area contributed by atoms with Crippen molar-refractivity contribution in [2.75, 3.05) is 14.1 Å². The average Bonchev–Trinajstić information content (AvgIpc) is 1.93. The number of hydrogen-bond donors (Lipinski definition) is 0. The highest BCUT2D eigenvalue weighted by atomic mass is 16.1. The summed E-state index contributed by atoms with van der Waals surface area (Å²) in [4.78, 5) is 11.2. The Bertz CT molecular complexity index is 185. The Kier molecular flexibility index (Phi) is 2.63. The molecule has 1 saturated carbocycles. The van der Waals surface area contributed by atoms with Crippen molar-refractivity contribution in [3.8, 4) is 0 Å². The third-order valence-electron chi connectivity index (χ3n) is 1.71. The van der Waals surface area contributed by atoms with E-state index in [0.717, 1.165) is 25.0 Å². The molecule has 0 aromatic rings. The summed E-state index contributed by atoms with van der Waals surface area (Å²) in [5.74, 6) is 0.227. The van der Waals surface area contributed by atoms with Gasteiger partial charge in [-0.05, 0) is 19.3 Å². The van der Waals surface area contributed by atoms with Gasteiger partial charge in [0.05, 0.1) is 0 Å². The Labute approximate surface area is 67.1 Å². The van der Waals surface area contributed by atoms with Crippen LogP contribution in [0.3, 0.4) is 0 Å². The van der Waals surface area contributed by atoms with Crippen LogP contribution in [0.25, 0.3) is 0 Å². The second-order valence-corrected chi connectivity index (χ2v) is 3.02. The first kappa shape index (κ1) is 8.24. The lowest BCUT2D eigenvalue weighted by Gasteiger charge is -2.13. The minimum absolute atomic E-state index is 0.227. The summed E-state index contributed by atoms with van der Waals surface area (Å²) in [6, 6.07) is 0. The number of carbonyl (C=O) groups excluding carboxylic acids is 1. The van der Waals surface area contributed by atoms with E-state index in [0.29, 0.717) is 6.42 Å². The van der Waals surface area contributed by atoms with Crippen LogP contribution in [0.2, 0.25) is 0 Å². The van der Waals surface area contributed by atoms with E-state index in [4.69, 9.17) is 0 Å². The van der Waals surface area contributed by atoms with Gasteiger partial charge in [0.15, 0.2) is 5.78 Å². The fourth-order valence-electron chi connectivity index (χ4n) is 1.21. The number of Topliss-reactive ketones (excluding diaryl/α,β-unsaturated/α-hetero) is 1. The summed E-state index contributed by atoms with van der Waals surface area (Å²) >= 11 is 0. The van der Waals surface area contributed by atoms with Crippen LogP contribution in [-0.2, 0) is 4.79 Å². The van der Waals surface area contributed by atoms with Gasteiger partial charge in [-0.15, -0.1) is 0 Å². The number of hydrogen-bond acceptors (Lipinski definition) is 3. The number of rotatable bonds is 1. The molecule has 3 heteroatoms. The fourth-order valence-corrected chi connectivity index (χ4v) is 1.21. The van der Waals surface area contributed by atoms with Crippen LogP contribution < -0.4 is 0 Å². The number of hydrazone groups is 1.